The molecule has 0 amide bonds. The number of hydrogen-bond acceptors (Lipinski definition) is 2. The number of benzene rings is 14. The Morgan fingerprint density at radius 1 is 0.217 bits per heavy atom. The van der Waals surface area contributed by atoms with Gasteiger partial charge >= 0.3 is 0 Å². The van der Waals surface area contributed by atoms with E-state index in [-0.39, 0.29) is 0 Å². The zero-order chi connectivity index (χ0) is 54.8. The third-order valence-corrected chi connectivity index (χ3v) is 17.4. The summed E-state index contributed by atoms with van der Waals surface area (Å²) in [6.07, 6.45) is 0. The highest BCUT2D eigenvalue weighted by Crippen LogP contribution is 2.66. The fourth-order valence-electron chi connectivity index (χ4n) is 14.0. The van der Waals surface area contributed by atoms with E-state index in [1.165, 1.54) is 93.9 Å². The summed E-state index contributed by atoms with van der Waals surface area (Å²) in [6, 6.07) is 121. The van der Waals surface area contributed by atoms with Gasteiger partial charge in [-0.25, -0.2) is 0 Å². The van der Waals surface area contributed by atoms with Gasteiger partial charge < -0.3 is 9.80 Å². The molecule has 0 aliphatic heterocycles. The van der Waals surface area contributed by atoms with Crippen molar-refractivity contribution in [1.29, 1.82) is 0 Å². The molecule has 388 valence electrons. The molecule has 1 spiro atoms. The molecule has 0 aromatic heterocycles. The molecule has 83 heavy (non-hydrogen) atoms. The number of hydrogen-bond donors (Lipinski definition) is 0. The van der Waals surface area contributed by atoms with E-state index in [1.807, 2.05) is 0 Å². The molecule has 0 fully saturated rings. The van der Waals surface area contributed by atoms with Crippen molar-refractivity contribution in [2.24, 2.45) is 0 Å². The van der Waals surface area contributed by atoms with Gasteiger partial charge in [0.25, 0.3) is 0 Å². The van der Waals surface area contributed by atoms with Crippen molar-refractivity contribution in [3.05, 3.63) is 350 Å². The van der Waals surface area contributed by atoms with Gasteiger partial charge in [-0.05, 0) is 155 Å². The van der Waals surface area contributed by atoms with E-state index in [9.17, 15) is 0 Å². The van der Waals surface area contributed by atoms with E-state index in [1.54, 1.807) is 0 Å². The highest BCUT2D eigenvalue weighted by Gasteiger charge is 2.53. The first-order valence-corrected chi connectivity index (χ1v) is 28.7. The largest absolute Gasteiger partial charge is 0.310 e. The van der Waals surface area contributed by atoms with Gasteiger partial charge in [0.15, 0.2) is 0 Å². The molecule has 14 aromatic rings. The lowest BCUT2D eigenvalue weighted by Gasteiger charge is -2.34. The summed E-state index contributed by atoms with van der Waals surface area (Å²) < 4.78 is 0. The molecule has 2 aliphatic carbocycles. The van der Waals surface area contributed by atoms with E-state index in [0.717, 1.165) is 50.8 Å². The summed E-state index contributed by atoms with van der Waals surface area (Å²) in [5, 5.41) is 4.82. The van der Waals surface area contributed by atoms with Crippen LogP contribution < -0.4 is 9.80 Å². The normalized spacial score (nSPS) is 12.4. The van der Waals surface area contributed by atoms with Gasteiger partial charge in [-0.3, -0.25) is 0 Å². The summed E-state index contributed by atoms with van der Waals surface area (Å²) in [6.45, 7) is 0. The van der Waals surface area contributed by atoms with Crippen molar-refractivity contribution in [3.63, 3.8) is 0 Å². The molecule has 0 heterocycles. The van der Waals surface area contributed by atoms with Crippen LogP contribution in [-0.4, -0.2) is 0 Å². The molecule has 2 aliphatic rings. The van der Waals surface area contributed by atoms with Crippen LogP contribution in [0.3, 0.4) is 0 Å². The summed E-state index contributed by atoms with van der Waals surface area (Å²) in [5.41, 5.74) is 25.6. The molecule has 0 atom stereocenters. The predicted octanol–water partition coefficient (Wildman–Crippen LogP) is 21.9. The molecule has 0 radical (unpaired) electrons. The Balaban J connectivity index is 0.969. The van der Waals surface area contributed by atoms with Crippen LogP contribution in [0.4, 0.5) is 34.1 Å². The van der Waals surface area contributed by atoms with Gasteiger partial charge in [0.2, 0.25) is 0 Å². The van der Waals surface area contributed by atoms with Gasteiger partial charge in [0, 0.05) is 33.6 Å². The molecular weight excluding hydrogens is 1000 g/mol. The van der Waals surface area contributed by atoms with Crippen molar-refractivity contribution in [2.45, 2.75) is 5.41 Å². The van der Waals surface area contributed by atoms with Crippen LogP contribution in [0.1, 0.15) is 22.3 Å². The lowest BCUT2D eigenvalue weighted by molar-refractivity contribution is 0.802. The van der Waals surface area contributed by atoms with Crippen LogP contribution in [0.15, 0.2) is 328 Å². The average Bonchev–Trinajstić information content (AvgIpc) is 1.54. The minimum Gasteiger partial charge on any atom is -0.310 e. The molecule has 14 aromatic carbocycles. The Labute approximate surface area is 484 Å². The summed E-state index contributed by atoms with van der Waals surface area (Å²) in [7, 11) is 0. The van der Waals surface area contributed by atoms with Crippen LogP contribution in [0.5, 0.6) is 0 Å². The number of anilines is 6. The van der Waals surface area contributed by atoms with E-state index in [0.29, 0.717) is 0 Å². The predicted molar refractivity (Wildman–Crippen MR) is 349 cm³/mol. The molecule has 0 saturated heterocycles. The second-order valence-corrected chi connectivity index (χ2v) is 21.8. The van der Waals surface area contributed by atoms with Crippen LogP contribution in [-0.2, 0) is 5.41 Å². The first-order chi connectivity index (χ1) is 41.2. The molecule has 16 rings (SSSR count). The monoisotopic (exact) mass is 1050 g/mol. The zero-order valence-corrected chi connectivity index (χ0v) is 45.6. The van der Waals surface area contributed by atoms with E-state index in [2.05, 4.69) is 337 Å². The maximum atomic E-state index is 2.58. The lowest BCUT2D eigenvalue weighted by Crippen LogP contribution is -2.26. The maximum Gasteiger partial charge on any atom is 0.0732 e. The Bertz CT molecular complexity index is 4720. The van der Waals surface area contributed by atoms with Crippen LogP contribution in [0.2, 0.25) is 0 Å². The first kappa shape index (κ1) is 48.1. The number of para-hydroxylation sites is 2. The van der Waals surface area contributed by atoms with Crippen LogP contribution in [0.25, 0.3) is 88.3 Å². The average molecular weight is 1060 g/mol. The number of rotatable bonds is 10. The van der Waals surface area contributed by atoms with Crippen molar-refractivity contribution in [3.8, 4) is 66.8 Å². The Kier molecular flexibility index (Phi) is 11.5. The minimum absolute atomic E-state index is 0.678. The summed E-state index contributed by atoms with van der Waals surface area (Å²) >= 11 is 0. The molecular formula is C81H54N2. The van der Waals surface area contributed by atoms with Gasteiger partial charge in [0.05, 0.1) is 22.5 Å². The molecule has 0 unspecified atom stereocenters. The highest BCUT2D eigenvalue weighted by molar-refractivity contribution is 6.15. The van der Waals surface area contributed by atoms with Crippen LogP contribution >= 0.6 is 0 Å². The molecule has 0 saturated carbocycles. The maximum absolute atomic E-state index is 2.58. The fraction of sp³-hybridized carbons (Fsp3) is 0.0123. The number of fused-ring (bicyclic) bond motifs is 14. The Hall–Kier alpha value is -10.8. The van der Waals surface area contributed by atoms with Gasteiger partial charge in [-0.15, -0.1) is 0 Å². The van der Waals surface area contributed by atoms with Crippen molar-refractivity contribution in [2.75, 3.05) is 9.80 Å². The third-order valence-electron chi connectivity index (χ3n) is 17.4. The van der Waals surface area contributed by atoms with Crippen molar-refractivity contribution in [1.82, 2.24) is 0 Å². The fourth-order valence-corrected chi connectivity index (χ4v) is 14.0. The molecule has 0 N–H and O–H groups in total. The third kappa shape index (κ3) is 7.64. The standard InChI is InChI=1S/C81H54N2/c1-7-26-55(27-8-1)59-47-51-75(71(53-59)57-30-11-3-12-31-57)83(62-36-17-6-18-37-62)77-54-74-79(69-41-20-19-40-68(69)77)70-49-46-60-52-63(48-50-65(60)80(70)81(74)72-43-23-21-38-66(72)67-39-22-24-44-73(67)81)82(61-34-15-5-16-35-61)76-45-25-42-64(56-28-9-2-10-29-56)78(76)58-32-13-4-14-33-58/h1-54H. The number of nitrogens with zero attached hydrogens (tertiary/aromatic N) is 2. The quantitative estimate of drug-likeness (QED) is 0.135. The summed E-state index contributed by atoms with van der Waals surface area (Å²) in [5.74, 6) is 0. The van der Waals surface area contributed by atoms with E-state index < -0.39 is 5.41 Å². The Morgan fingerprint density at radius 2 is 0.735 bits per heavy atom. The zero-order valence-electron chi connectivity index (χ0n) is 45.6. The topological polar surface area (TPSA) is 6.48 Å². The van der Waals surface area contributed by atoms with Gasteiger partial charge in [-0.2, -0.15) is 0 Å². The Morgan fingerprint density at radius 3 is 1.37 bits per heavy atom. The lowest BCUT2D eigenvalue weighted by atomic mass is 9.69. The smallest absolute Gasteiger partial charge is 0.0732 e. The molecule has 2 nitrogen and oxygen atoms in total. The molecule has 0 bridgehead atoms. The van der Waals surface area contributed by atoms with Gasteiger partial charge in [0.1, 0.15) is 0 Å². The van der Waals surface area contributed by atoms with E-state index >= 15 is 0 Å². The highest BCUT2D eigenvalue weighted by atomic mass is 15.2. The van der Waals surface area contributed by atoms with Gasteiger partial charge in [-0.1, -0.05) is 267 Å². The molecule has 2 heteroatoms. The van der Waals surface area contributed by atoms with Crippen molar-refractivity contribution >= 4 is 55.7 Å². The first-order valence-electron chi connectivity index (χ1n) is 28.7. The van der Waals surface area contributed by atoms with E-state index in [4.69, 9.17) is 0 Å². The minimum atomic E-state index is -0.678. The second-order valence-electron chi connectivity index (χ2n) is 21.8. The van der Waals surface area contributed by atoms with Crippen LogP contribution in [0, 0.1) is 0 Å². The SMILES string of the molecule is c1ccc(-c2ccc(N(c3ccccc3)c3cc4c(c5ccccc35)-c3ccc5cc(N(c6ccccc6)c6cccc(-c7ccccc7)c6-c6ccccc6)ccc5c3C43c4ccccc4-c4ccccc43)c(-c3ccccc3)c2)cc1. The van der Waals surface area contributed by atoms with Crippen molar-refractivity contribution < 1.29 is 0 Å². The second kappa shape index (κ2) is 19.8. The summed E-state index contributed by atoms with van der Waals surface area (Å²) in [4.78, 5) is 4.99.